The average Bonchev–Trinajstić information content (AvgIpc) is 2.91. The van der Waals surface area contributed by atoms with Crippen molar-refractivity contribution in [1.82, 2.24) is 15.4 Å². The summed E-state index contributed by atoms with van der Waals surface area (Å²) in [6, 6.07) is 0.261. The van der Waals surface area contributed by atoms with Crippen molar-refractivity contribution >= 4 is 41.6 Å². The molecule has 8 nitrogen and oxygen atoms in total. The molecule has 0 saturated heterocycles. The van der Waals surface area contributed by atoms with Crippen LogP contribution in [0.4, 0.5) is 0 Å². The highest BCUT2D eigenvalue weighted by Gasteiger charge is 2.38. The molecule has 0 aromatic carbocycles. The lowest BCUT2D eigenvalue weighted by atomic mass is 10.0. The summed E-state index contributed by atoms with van der Waals surface area (Å²) < 4.78 is 9.94. The van der Waals surface area contributed by atoms with Crippen LogP contribution >= 0.6 is 24.4 Å². The van der Waals surface area contributed by atoms with Crippen molar-refractivity contribution in [1.29, 1.82) is 0 Å². The summed E-state index contributed by atoms with van der Waals surface area (Å²) in [5.41, 5.74) is 13.2. The van der Waals surface area contributed by atoms with Gasteiger partial charge in [-0.25, -0.2) is 0 Å². The van der Waals surface area contributed by atoms with Crippen LogP contribution in [0.1, 0.15) is 30.2 Å². The molecule has 1 atom stereocenters. The third-order valence-electron chi connectivity index (χ3n) is 5.23. The van der Waals surface area contributed by atoms with Gasteiger partial charge in [0.15, 0.2) is 5.84 Å². The van der Waals surface area contributed by atoms with E-state index in [1.807, 2.05) is 20.0 Å². The van der Waals surface area contributed by atoms with Crippen LogP contribution < -0.4 is 15.8 Å². The Kier molecular flexibility index (Phi) is 6.50. The van der Waals surface area contributed by atoms with Crippen LogP contribution in [0.3, 0.4) is 0 Å². The number of amidine groups is 1. The number of aryl methyl sites for hydroxylation is 1. The Morgan fingerprint density at radius 2 is 2.14 bits per heavy atom. The summed E-state index contributed by atoms with van der Waals surface area (Å²) in [7, 11) is 1.68. The number of hydrazone groups is 2. The van der Waals surface area contributed by atoms with E-state index in [9.17, 15) is 0 Å². The number of rotatable bonds is 5. The van der Waals surface area contributed by atoms with Gasteiger partial charge >= 0.3 is 0 Å². The maximum Gasteiger partial charge on any atom is 0.160 e. The lowest BCUT2D eigenvalue weighted by Crippen LogP contribution is -2.34. The number of aromatic nitrogens is 1. The van der Waals surface area contributed by atoms with Gasteiger partial charge in [0.25, 0.3) is 0 Å². The molecule has 29 heavy (non-hydrogen) atoms. The normalized spacial score (nSPS) is 20.3. The summed E-state index contributed by atoms with van der Waals surface area (Å²) in [6.45, 7) is 7.46. The Bertz CT molecular complexity index is 941. The van der Waals surface area contributed by atoms with Crippen LogP contribution in [0, 0.1) is 13.8 Å². The molecule has 2 aliphatic heterocycles. The lowest BCUT2D eigenvalue weighted by Gasteiger charge is -2.23. The first-order valence-corrected chi connectivity index (χ1v) is 10.3. The second-order valence-electron chi connectivity index (χ2n) is 7.04. The fourth-order valence-corrected chi connectivity index (χ4v) is 4.70. The Morgan fingerprint density at radius 1 is 1.34 bits per heavy atom. The first-order valence-electron chi connectivity index (χ1n) is 9.39. The van der Waals surface area contributed by atoms with Crippen molar-refractivity contribution in [2.45, 2.75) is 39.8 Å². The van der Waals surface area contributed by atoms with Gasteiger partial charge in [0, 0.05) is 41.1 Å². The predicted octanol–water partition coefficient (Wildman–Crippen LogP) is 2.35. The maximum atomic E-state index is 6.24. The highest BCUT2D eigenvalue weighted by atomic mass is 35.5. The molecule has 0 fully saturated rings. The number of nitrogens with two attached hydrogens (primary N) is 1. The first-order chi connectivity index (χ1) is 13.5. The van der Waals surface area contributed by atoms with E-state index in [-0.39, 0.29) is 18.4 Å². The maximum absolute atomic E-state index is 6.24. The minimum Gasteiger partial charge on any atom is -0.496 e. The molecule has 1 aromatic heterocycles. The molecule has 3 heterocycles. The number of halogens is 1. The summed E-state index contributed by atoms with van der Waals surface area (Å²) in [6.07, 6.45) is 2.66. The van der Waals surface area contributed by atoms with E-state index < -0.39 is 0 Å². The minimum absolute atomic E-state index is 0. The van der Waals surface area contributed by atoms with Crippen LogP contribution in [0.5, 0.6) is 5.75 Å². The Morgan fingerprint density at radius 3 is 2.86 bits per heavy atom. The molecule has 4 rings (SSSR count). The number of hydrogen-bond donors (Lipinski definition) is 2. The van der Waals surface area contributed by atoms with Gasteiger partial charge in [-0.15, -0.1) is 12.4 Å². The molecule has 10 heteroatoms. The fourth-order valence-electron chi connectivity index (χ4n) is 3.93. The quantitative estimate of drug-likeness (QED) is 0.688. The molecule has 0 saturated carbocycles. The van der Waals surface area contributed by atoms with Gasteiger partial charge in [-0.3, -0.25) is 4.98 Å². The monoisotopic (exact) mass is 435 g/mol. The second-order valence-corrected chi connectivity index (χ2v) is 7.77. The molecule has 0 spiro atoms. The van der Waals surface area contributed by atoms with E-state index in [0.29, 0.717) is 12.4 Å². The lowest BCUT2D eigenvalue weighted by molar-refractivity contribution is 0.288. The largest absolute Gasteiger partial charge is 0.496 e. The number of pyridine rings is 1. The Hall–Kier alpha value is -2.10. The van der Waals surface area contributed by atoms with Crippen molar-refractivity contribution in [2.24, 2.45) is 20.3 Å². The van der Waals surface area contributed by atoms with Gasteiger partial charge in [-0.05, 0) is 37.9 Å². The third kappa shape index (κ3) is 3.86. The van der Waals surface area contributed by atoms with Crippen LogP contribution in [-0.2, 0) is 6.54 Å². The van der Waals surface area contributed by atoms with E-state index in [2.05, 4.69) is 21.6 Å². The smallest absolute Gasteiger partial charge is 0.160 e. The van der Waals surface area contributed by atoms with Gasteiger partial charge in [-0.2, -0.15) is 19.7 Å². The van der Waals surface area contributed by atoms with Crippen molar-refractivity contribution in [2.75, 3.05) is 19.4 Å². The molecule has 0 amide bonds. The molecule has 1 aliphatic carbocycles. The van der Waals surface area contributed by atoms with Crippen molar-refractivity contribution < 1.29 is 4.74 Å². The highest BCUT2D eigenvalue weighted by Crippen LogP contribution is 2.34. The first kappa shape index (κ1) is 21.6. The average molecular weight is 436 g/mol. The summed E-state index contributed by atoms with van der Waals surface area (Å²) >= 11 is 1.47. The topological polar surface area (TPSA) is 100 Å². The van der Waals surface area contributed by atoms with Gasteiger partial charge in [0.1, 0.15) is 18.0 Å². The van der Waals surface area contributed by atoms with E-state index in [4.69, 9.17) is 20.7 Å². The SMILES string of the molecule is CCNC1CC2=NN(Cc3ncc(C)c(OC)c3C)N=C3C(N)=NSCC1=C23.Cl. The van der Waals surface area contributed by atoms with Gasteiger partial charge < -0.3 is 15.8 Å². The number of methoxy groups -OCH3 is 1. The molecule has 0 bridgehead atoms. The van der Waals surface area contributed by atoms with Crippen LogP contribution in [0.2, 0.25) is 0 Å². The number of ether oxygens (including phenoxy) is 1. The zero-order valence-electron chi connectivity index (χ0n) is 17.0. The summed E-state index contributed by atoms with van der Waals surface area (Å²) in [5, 5.41) is 14.8. The Labute approximate surface area is 181 Å². The molecule has 1 unspecified atom stereocenters. The molecule has 3 N–H and O–H groups in total. The number of likely N-dealkylation sites (N-methyl/N-ethyl adjacent to an activating group) is 1. The Balaban J connectivity index is 0.00000240. The van der Waals surface area contributed by atoms with Gasteiger partial charge in [0.05, 0.1) is 18.5 Å². The van der Waals surface area contributed by atoms with Gasteiger partial charge in [0.2, 0.25) is 0 Å². The third-order valence-corrected chi connectivity index (χ3v) is 6.00. The molecule has 3 aliphatic rings. The minimum atomic E-state index is 0. The van der Waals surface area contributed by atoms with Gasteiger partial charge in [-0.1, -0.05) is 6.92 Å². The number of hydrogen-bond acceptors (Lipinski definition) is 9. The predicted molar refractivity (Wildman–Crippen MR) is 121 cm³/mol. The van der Waals surface area contributed by atoms with E-state index in [0.717, 1.165) is 58.3 Å². The van der Waals surface area contributed by atoms with E-state index >= 15 is 0 Å². The zero-order valence-corrected chi connectivity index (χ0v) is 18.7. The summed E-state index contributed by atoms with van der Waals surface area (Å²) in [5.74, 6) is 2.11. The van der Waals surface area contributed by atoms with E-state index in [1.165, 1.54) is 17.5 Å². The second kappa shape index (κ2) is 8.73. The molecular formula is C19H26ClN7OS. The standard InChI is InChI=1S/C19H25N7OS.ClH/c1-5-21-13-6-14-16-12(13)9-28-25-19(20)17(16)24-26(23-14)8-15-11(3)18(27-4)10(2)7-22-15;/h7,13,21H,5-6,8-9H2,1-4H3,(H2,20,25);1H. The molecule has 1 aromatic rings. The van der Waals surface area contributed by atoms with Crippen molar-refractivity contribution in [3.05, 3.63) is 34.2 Å². The van der Waals surface area contributed by atoms with Crippen molar-refractivity contribution in [3.63, 3.8) is 0 Å². The fraction of sp³-hybridized carbons (Fsp3) is 0.474. The number of nitrogens with zero attached hydrogens (tertiary/aromatic N) is 5. The highest BCUT2D eigenvalue weighted by molar-refractivity contribution is 7.98. The molecular weight excluding hydrogens is 410 g/mol. The van der Waals surface area contributed by atoms with Crippen LogP contribution in [-0.4, -0.2) is 52.8 Å². The van der Waals surface area contributed by atoms with Crippen LogP contribution in [0.15, 0.2) is 31.9 Å². The van der Waals surface area contributed by atoms with Crippen molar-refractivity contribution in [3.8, 4) is 5.75 Å². The molecule has 156 valence electrons. The number of nitrogens with one attached hydrogen (secondary N) is 1. The van der Waals surface area contributed by atoms with E-state index in [1.54, 1.807) is 12.2 Å². The van der Waals surface area contributed by atoms with Crippen LogP contribution in [0.25, 0.3) is 0 Å². The summed E-state index contributed by atoms with van der Waals surface area (Å²) in [4.78, 5) is 4.58. The molecule has 0 radical (unpaired) electrons. The zero-order chi connectivity index (χ0) is 19.8.